The molecular formula is C24H40O2. The molecule has 0 bridgehead atoms. The van der Waals surface area contributed by atoms with E-state index in [0.717, 1.165) is 26.1 Å². The number of ketones is 1. The molecule has 1 aromatic rings. The van der Waals surface area contributed by atoms with Crippen molar-refractivity contribution in [2.45, 2.75) is 103 Å². The third-order valence-corrected chi connectivity index (χ3v) is 4.93. The summed E-state index contributed by atoms with van der Waals surface area (Å²) in [5.41, 5.74) is 1.27. The minimum Gasteiger partial charge on any atom is -0.377 e. The summed E-state index contributed by atoms with van der Waals surface area (Å²) in [5.74, 6) is 0.338. The molecule has 0 saturated carbocycles. The Morgan fingerprint density at radius 3 is 1.65 bits per heavy atom. The van der Waals surface area contributed by atoms with Crippen molar-refractivity contribution in [1.82, 2.24) is 0 Å². The second-order valence-electron chi connectivity index (χ2n) is 7.59. The van der Waals surface area contributed by atoms with E-state index in [0.29, 0.717) is 5.78 Å². The van der Waals surface area contributed by atoms with Crippen molar-refractivity contribution < 1.29 is 9.53 Å². The molecule has 0 N–H and O–H groups in total. The van der Waals surface area contributed by atoms with Gasteiger partial charge in [0.15, 0.2) is 0 Å². The van der Waals surface area contributed by atoms with E-state index in [4.69, 9.17) is 4.74 Å². The van der Waals surface area contributed by atoms with E-state index in [1.165, 1.54) is 82.6 Å². The molecule has 0 spiro atoms. The number of ether oxygens (including phenoxy) is 1. The van der Waals surface area contributed by atoms with Gasteiger partial charge < -0.3 is 9.53 Å². The molecule has 1 aromatic carbocycles. The highest BCUT2D eigenvalue weighted by molar-refractivity contribution is 5.75. The Morgan fingerprint density at radius 2 is 1.15 bits per heavy atom. The first-order valence-electron chi connectivity index (χ1n) is 10.9. The van der Waals surface area contributed by atoms with Crippen LogP contribution in [0.4, 0.5) is 0 Å². The maximum atomic E-state index is 10.8. The van der Waals surface area contributed by atoms with Crippen LogP contribution in [0, 0.1) is 0 Å². The quantitative estimate of drug-likeness (QED) is 0.258. The fourth-order valence-corrected chi connectivity index (χ4v) is 3.29. The van der Waals surface area contributed by atoms with Crippen molar-refractivity contribution in [1.29, 1.82) is 0 Å². The topological polar surface area (TPSA) is 26.3 Å². The lowest BCUT2D eigenvalue weighted by molar-refractivity contribution is -0.117. The Balaban J connectivity index is 1.70. The van der Waals surface area contributed by atoms with E-state index in [2.05, 4.69) is 24.3 Å². The van der Waals surface area contributed by atoms with E-state index < -0.39 is 0 Å². The van der Waals surface area contributed by atoms with E-state index in [1.54, 1.807) is 6.92 Å². The molecule has 0 saturated heterocycles. The van der Waals surface area contributed by atoms with Crippen molar-refractivity contribution in [3.8, 4) is 0 Å². The van der Waals surface area contributed by atoms with Crippen molar-refractivity contribution in [2.24, 2.45) is 0 Å². The molecule has 0 aliphatic rings. The SMILES string of the molecule is CC(=O)CCCCCCCCCCCCCCCOCc1ccccc1. The van der Waals surface area contributed by atoms with Crippen LogP contribution in [0.3, 0.4) is 0 Å². The summed E-state index contributed by atoms with van der Waals surface area (Å²) >= 11 is 0. The van der Waals surface area contributed by atoms with Gasteiger partial charge in [0.05, 0.1) is 6.61 Å². The average Bonchev–Trinajstić information content (AvgIpc) is 2.65. The standard InChI is InChI=1S/C24H40O2/c1-23(25)18-14-11-9-7-5-3-2-4-6-8-10-12-17-21-26-22-24-19-15-13-16-20-24/h13,15-16,19-20H,2-12,14,17-18,21-22H2,1H3. The van der Waals surface area contributed by atoms with Gasteiger partial charge >= 0.3 is 0 Å². The van der Waals surface area contributed by atoms with Gasteiger partial charge in [-0.3, -0.25) is 0 Å². The van der Waals surface area contributed by atoms with Crippen molar-refractivity contribution in [3.05, 3.63) is 35.9 Å². The molecule has 26 heavy (non-hydrogen) atoms. The molecule has 0 heterocycles. The zero-order valence-corrected chi connectivity index (χ0v) is 17.0. The maximum absolute atomic E-state index is 10.8. The third-order valence-electron chi connectivity index (χ3n) is 4.93. The maximum Gasteiger partial charge on any atom is 0.129 e. The number of carbonyl (C=O) groups is 1. The lowest BCUT2D eigenvalue weighted by atomic mass is 10.0. The highest BCUT2D eigenvalue weighted by atomic mass is 16.5. The van der Waals surface area contributed by atoms with Crippen LogP contribution >= 0.6 is 0 Å². The Hall–Kier alpha value is -1.15. The Labute approximate surface area is 161 Å². The average molecular weight is 361 g/mol. The van der Waals surface area contributed by atoms with Gasteiger partial charge in [0, 0.05) is 13.0 Å². The first-order valence-corrected chi connectivity index (χ1v) is 10.9. The Bertz CT molecular complexity index is 427. The molecule has 0 radical (unpaired) electrons. The van der Waals surface area contributed by atoms with E-state index in [-0.39, 0.29) is 0 Å². The summed E-state index contributed by atoms with van der Waals surface area (Å²) in [4.78, 5) is 10.8. The van der Waals surface area contributed by atoms with Crippen LogP contribution < -0.4 is 0 Å². The minimum absolute atomic E-state index is 0.338. The number of hydrogen-bond acceptors (Lipinski definition) is 2. The molecule has 0 aliphatic carbocycles. The minimum atomic E-state index is 0.338. The van der Waals surface area contributed by atoms with E-state index in [9.17, 15) is 4.79 Å². The summed E-state index contributed by atoms with van der Waals surface area (Å²) in [7, 11) is 0. The molecule has 0 aliphatic heterocycles. The monoisotopic (exact) mass is 360 g/mol. The summed E-state index contributed by atoms with van der Waals surface area (Å²) in [5, 5.41) is 0. The van der Waals surface area contributed by atoms with Gasteiger partial charge in [0.25, 0.3) is 0 Å². The van der Waals surface area contributed by atoms with E-state index in [1.807, 2.05) is 6.07 Å². The second kappa shape index (κ2) is 17.3. The molecule has 0 atom stereocenters. The van der Waals surface area contributed by atoms with Gasteiger partial charge in [-0.05, 0) is 25.3 Å². The van der Waals surface area contributed by atoms with Gasteiger partial charge in [-0.15, -0.1) is 0 Å². The van der Waals surface area contributed by atoms with Gasteiger partial charge in [0.1, 0.15) is 5.78 Å². The first-order chi connectivity index (χ1) is 12.8. The molecule has 0 aromatic heterocycles. The molecule has 0 fully saturated rings. The molecule has 0 unspecified atom stereocenters. The van der Waals surface area contributed by atoms with Crippen molar-refractivity contribution >= 4 is 5.78 Å². The molecule has 2 nitrogen and oxygen atoms in total. The van der Waals surface area contributed by atoms with E-state index >= 15 is 0 Å². The van der Waals surface area contributed by atoms with Crippen LogP contribution in [0.15, 0.2) is 30.3 Å². The first kappa shape index (κ1) is 22.9. The van der Waals surface area contributed by atoms with Gasteiger partial charge in [-0.25, -0.2) is 0 Å². The molecule has 2 heteroatoms. The predicted octanol–water partition coefficient (Wildman–Crippen LogP) is 7.25. The second-order valence-corrected chi connectivity index (χ2v) is 7.59. The van der Waals surface area contributed by atoms with Crippen molar-refractivity contribution in [3.63, 3.8) is 0 Å². The summed E-state index contributed by atoms with van der Waals surface area (Å²) in [6.45, 7) is 3.33. The fourth-order valence-electron chi connectivity index (χ4n) is 3.29. The van der Waals surface area contributed by atoms with Crippen molar-refractivity contribution in [2.75, 3.05) is 6.61 Å². The summed E-state index contributed by atoms with van der Waals surface area (Å²) < 4.78 is 5.72. The number of hydrogen-bond donors (Lipinski definition) is 0. The summed E-state index contributed by atoms with van der Waals surface area (Å²) in [6, 6.07) is 10.4. The number of carbonyl (C=O) groups excluding carboxylic acids is 1. The molecule has 0 amide bonds. The summed E-state index contributed by atoms with van der Waals surface area (Å²) in [6.07, 6.45) is 17.9. The molecular weight excluding hydrogens is 320 g/mol. The highest BCUT2D eigenvalue weighted by Crippen LogP contribution is 2.13. The predicted molar refractivity (Wildman–Crippen MR) is 111 cm³/mol. The number of Topliss-reactive ketones (excluding diaryl/α,β-unsaturated/α-hetero) is 1. The van der Waals surface area contributed by atoms with Crippen LogP contribution in [0.5, 0.6) is 0 Å². The normalized spacial score (nSPS) is 11.0. The van der Waals surface area contributed by atoms with Crippen LogP contribution in [-0.4, -0.2) is 12.4 Å². The van der Waals surface area contributed by atoms with Crippen LogP contribution in [0.2, 0.25) is 0 Å². The number of unbranched alkanes of at least 4 members (excludes halogenated alkanes) is 12. The molecule has 148 valence electrons. The number of rotatable bonds is 18. The Kier molecular flexibility index (Phi) is 15.2. The highest BCUT2D eigenvalue weighted by Gasteiger charge is 1.96. The van der Waals surface area contributed by atoms with Crippen LogP contribution in [0.25, 0.3) is 0 Å². The zero-order chi connectivity index (χ0) is 18.7. The van der Waals surface area contributed by atoms with Gasteiger partial charge in [-0.1, -0.05) is 101 Å². The number of benzene rings is 1. The van der Waals surface area contributed by atoms with Gasteiger partial charge in [0.2, 0.25) is 0 Å². The third kappa shape index (κ3) is 15.1. The molecule has 1 rings (SSSR count). The van der Waals surface area contributed by atoms with Gasteiger partial charge in [-0.2, -0.15) is 0 Å². The fraction of sp³-hybridized carbons (Fsp3) is 0.708. The van der Waals surface area contributed by atoms with Crippen LogP contribution in [0.1, 0.15) is 102 Å². The lowest BCUT2D eigenvalue weighted by Crippen LogP contribution is -1.95. The smallest absolute Gasteiger partial charge is 0.129 e. The Morgan fingerprint density at radius 1 is 0.692 bits per heavy atom. The lowest BCUT2D eigenvalue weighted by Gasteiger charge is -2.05. The zero-order valence-electron chi connectivity index (χ0n) is 17.0. The van der Waals surface area contributed by atoms with Crippen LogP contribution in [-0.2, 0) is 16.1 Å². The largest absolute Gasteiger partial charge is 0.377 e.